The molecule has 2 rings (SSSR count). The summed E-state index contributed by atoms with van der Waals surface area (Å²) in [6.45, 7) is 1.79. The summed E-state index contributed by atoms with van der Waals surface area (Å²) in [6.07, 6.45) is 0. The molecule has 0 fully saturated rings. The van der Waals surface area contributed by atoms with Crippen molar-refractivity contribution in [3.63, 3.8) is 0 Å². The van der Waals surface area contributed by atoms with Gasteiger partial charge in [0.25, 0.3) is 0 Å². The standard InChI is InChI=1S/C15H13BrClF2N/c1-8-7-9(18)3-4-10(8)15(20-2)11-5-6-12(16)13(17)14(11)19/h3-7,15,20H,1-2H3. The molecule has 0 saturated heterocycles. The summed E-state index contributed by atoms with van der Waals surface area (Å²) in [6, 6.07) is 7.42. The molecule has 0 aliphatic rings. The second-order valence-electron chi connectivity index (χ2n) is 4.49. The van der Waals surface area contributed by atoms with E-state index >= 15 is 0 Å². The molecule has 106 valence electrons. The van der Waals surface area contributed by atoms with E-state index in [0.29, 0.717) is 10.0 Å². The minimum absolute atomic E-state index is 0.0440. The van der Waals surface area contributed by atoms with Crippen LogP contribution in [-0.4, -0.2) is 7.05 Å². The van der Waals surface area contributed by atoms with Gasteiger partial charge in [-0.2, -0.15) is 0 Å². The molecule has 0 heterocycles. The maximum atomic E-state index is 14.3. The molecule has 20 heavy (non-hydrogen) atoms. The third-order valence-corrected chi connectivity index (χ3v) is 4.47. The quantitative estimate of drug-likeness (QED) is 0.760. The highest BCUT2D eigenvalue weighted by Crippen LogP contribution is 2.33. The summed E-state index contributed by atoms with van der Waals surface area (Å²) in [5.41, 5.74) is 1.99. The molecule has 0 aliphatic carbocycles. The fourth-order valence-electron chi connectivity index (χ4n) is 2.21. The van der Waals surface area contributed by atoms with E-state index in [1.54, 1.807) is 32.2 Å². The van der Waals surface area contributed by atoms with Crippen LogP contribution in [0.3, 0.4) is 0 Å². The molecular formula is C15H13BrClF2N. The Morgan fingerprint density at radius 2 is 1.80 bits per heavy atom. The van der Waals surface area contributed by atoms with Crippen molar-refractivity contribution >= 4 is 27.5 Å². The van der Waals surface area contributed by atoms with Gasteiger partial charge in [0.1, 0.15) is 11.6 Å². The monoisotopic (exact) mass is 359 g/mol. The molecule has 0 saturated carbocycles. The first-order chi connectivity index (χ1) is 9.45. The zero-order valence-corrected chi connectivity index (χ0v) is 13.3. The van der Waals surface area contributed by atoms with Gasteiger partial charge in [-0.3, -0.25) is 0 Å². The second kappa shape index (κ2) is 6.20. The fourth-order valence-corrected chi connectivity index (χ4v) is 2.68. The first kappa shape index (κ1) is 15.4. The van der Waals surface area contributed by atoms with Crippen LogP contribution in [-0.2, 0) is 0 Å². The highest BCUT2D eigenvalue weighted by atomic mass is 79.9. The molecule has 1 unspecified atom stereocenters. The van der Waals surface area contributed by atoms with Crippen LogP contribution in [0.25, 0.3) is 0 Å². The Bertz CT molecular complexity index is 646. The maximum Gasteiger partial charge on any atom is 0.148 e. The third-order valence-electron chi connectivity index (χ3n) is 3.21. The van der Waals surface area contributed by atoms with E-state index < -0.39 is 5.82 Å². The van der Waals surface area contributed by atoms with Gasteiger partial charge in [0.2, 0.25) is 0 Å². The highest BCUT2D eigenvalue weighted by Gasteiger charge is 2.21. The van der Waals surface area contributed by atoms with E-state index in [4.69, 9.17) is 11.6 Å². The normalized spacial score (nSPS) is 12.5. The average Bonchev–Trinajstić information content (AvgIpc) is 2.41. The molecule has 0 bridgehead atoms. The fraction of sp³-hybridized carbons (Fsp3) is 0.200. The smallest absolute Gasteiger partial charge is 0.148 e. The first-order valence-corrected chi connectivity index (χ1v) is 7.19. The molecule has 2 aromatic rings. The Labute approximate surface area is 130 Å². The molecular weight excluding hydrogens is 348 g/mol. The van der Waals surface area contributed by atoms with Crippen LogP contribution < -0.4 is 5.32 Å². The van der Waals surface area contributed by atoms with Gasteiger partial charge in [-0.1, -0.05) is 23.7 Å². The summed E-state index contributed by atoms with van der Waals surface area (Å²) in [4.78, 5) is 0. The van der Waals surface area contributed by atoms with E-state index in [-0.39, 0.29) is 16.9 Å². The van der Waals surface area contributed by atoms with Gasteiger partial charge >= 0.3 is 0 Å². The van der Waals surface area contributed by atoms with Crippen LogP contribution in [0.15, 0.2) is 34.8 Å². The lowest BCUT2D eigenvalue weighted by atomic mass is 9.94. The predicted molar refractivity (Wildman–Crippen MR) is 81.1 cm³/mol. The van der Waals surface area contributed by atoms with Gasteiger partial charge < -0.3 is 5.32 Å². The van der Waals surface area contributed by atoms with Crippen LogP contribution in [0.5, 0.6) is 0 Å². The molecule has 0 amide bonds. The molecule has 1 N–H and O–H groups in total. The Balaban J connectivity index is 2.55. The lowest BCUT2D eigenvalue weighted by Gasteiger charge is -2.20. The number of halogens is 4. The van der Waals surface area contributed by atoms with E-state index in [0.717, 1.165) is 11.1 Å². The predicted octanol–water partition coefficient (Wildman–Crippen LogP) is 5.00. The summed E-state index contributed by atoms with van der Waals surface area (Å²) in [5.74, 6) is -0.792. The molecule has 0 aromatic heterocycles. The van der Waals surface area contributed by atoms with E-state index in [1.165, 1.54) is 12.1 Å². The average molecular weight is 361 g/mol. The van der Waals surface area contributed by atoms with Crippen molar-refractivity contribution in [2.45, 2.75) is 13.0 Å². The second-order valence-corrected chi connectivity index (χ2v) is 5.72. The van der Waals surface area contributed by atoms with Crippen LogP contribution in [0.1, 0.15) is 22.7 Å². The minimum Gasteiger partial charge on any atom is -0.309 e. The molecule has 0 spiro atoms. The zero-order chi connectivity index (χ0) is 14.9. The van der Waals surface area contributed by atoms with Crippen LogP contribution in [0, 0.1) is 18.6 Å². The van der Waals surface area contributed by atoms with Crippen molar-refractivity contribution in [2.75, 3.05) is 7.05 Å². The Morgan fingerprint density at radius 1 is 1.15 bits per heavy atom. The Morgan fingerprint density at radius 3 is 2.40 bits per heavy atom. The molecule has 0 aliphatic heterocycles. The van der Waals surface area contributed by atoms with Gasteiger partial charge in [0, 0.05) is 10.0 Å². The topological polar surface area (TPSA) is 12.0 Å². The van der Waals surface area contributed by atoms with Crippen molar-refractivity contribution in [3.05, 3.63) is 68.2 Å². The first-order valence-electron chi connectivity index (χ1n) is 6.02. The summed E-state index contributed by atoms with van der Waals surface area (Å²) in [7, 11) is 1.73. The van der Waals surface area contributed by atoms with Gasteiger partial charge in [-0.05, 0) is 59.2 Å². The summed E-state index contributed by atoms with van der Waals surface area (Å²) >= 11 is 9.12. The van der Waals surface area contributed by atoms with Gasteiger partial charge in [0.15, 0.2) is 0 Å². The number of hydrogen-bond acceptors (Lipinski definition) is 1. The van der Waals surface area contributed by atoms with Crippen molar-refractivity contribution < 1.29 is 8.78 Å². The van der Waals surface area contributed by atoms with Crippen molar-refractivity contribution in [3.8, 4) is 0 Å². The lowest BCUT2D eigenvalue weighted by Crippen LogP contribution is -2.20. The van der Waals surface area contributed by atoms with Crippen LogP contribution in [0.2, 0.25) is 5.02 Å². The summed E-state index contributed by atoms with van der Waals surface area (Å²) in [5, 5.41) is 3.09. The van der Waals surface area contributed by atoms with Gasteiger partial charge in [-0.15, -0.1) is 0 Å². The number of rotatable bonds is 3. The van der Waals surface area contributed by atoms with E-state index in [9.17, 15) is 8.78 Å². The molecule has 2 aromatic carbocycles. The van der Waals surface area contributed by atoms with E-state index in [2.05, 4.69) is 21.2 Å². The van der Waals surface area contributed by atoms with Crippen molar-refractivity contribution in [1.82, 2.24) is 5.32 Å². The van der Waals surface area contributed by atoms with Gasteiger partial charge in [-0.25, -0.2) is 8.78 Å². The third kappa shape index (κ3) is 2.87. The molecule has 0 radical (unpaired) electrons. The Hall–Kier alpha value is -0.970. The zero-order valence-electron chi connectivity index (χ0n) is 11.0. The van der Waals surface area contributed by atoms with Crippen molar-refractivity contribution in [1.29, 1.82) is 0 Å². The molecule has 5 heteroatoms. The number of benzene rings is 2. The van der Waals surface area contributed by atoms with E-state index in [1.807, 2.05) is 0 Å². The highest BCUT2D eigenvalue weighted by molar-refractivity contribution is 9.10. The number of hydrogen-bond donors (Lipinski definition) is 1. The SMILES string of the molecule is CNC(c1ccc(F)cc1C)c1ccc(Br)c(Cl)c1F. The van der Waals surface area contributed by atoms with Crippen LogP contribution in [0.4, 0.5) is 8.78 Å². The molecule has 1 atom stereocenters. The number of aryl methyl sites for hydroxylation is 1. The van der Waals surface area contributed by atoms with Gasteiger partial charge in [0.05, 0.1) is 11.1 Å². The lowest BCUT2D eigenvalue weighted by molar-refractivity contribution is 0.573. The molecule has 1 nitrogen and oxygen atoms in total. The maximum absolute atomic E-state index is 14.3. The summed E-state index contributed by atoms with van der Waals surface area (Å²) < 4.78 is 28.0. The largest absolute Gasteiger partial charge is 0.309 e. The van der Waals surface area contributed by atoms with Crippen LogP contribution >= 0.6 is 27.5 Å². The number of nitrogens with one attached hydrogen (secondary N) is 1. The minimum atomic E-state index is -0.482. The van der Waals surface area contributed by atoms with Crippen molar-refractivity contribution in [2.24, 2.45) is 0 Å². The Kier molecular flexibility index (Phi) is 4.78.